The van der Waals surface area contributed by atoms with Crippen molar-refractivity contribution in [3.05, 3.63) is 29.8 Å². The Morgan fingerprint density at radius 3 is 2.71 bits per heavy atom. The molecule has 0 saturated heterocycles. The maximum absolute atomic E-state index is 6.43. The van der Waals surface area contributed by atoms with E-state index in [1.54, 1.807) is 7.11 Å². The monoisotopic (exact) mass is 354 g/mol. The molecule has 1 saturated carbocycles. The van der Waals surface area contributed by atoms with Crippen LogP contribution in [0.3, 0.4) is 0 Å². The summed E-state index contributed by atoms with van der Waals surface area (Å²) in [6.45, 7) is 7.05. The van der Waals surface area contributed by atoms with Crippen molar-refractivity contribution in [1.82, 2.24) is 0 Å². The molecular formula is C18H27BrO2. The van der Waals surface area contributed by atoms with E-state index in [-0.39, 0.29) is 6.10 Å². The summed E-state index contributed by atoms with van der Waals surface area (Å²) >= 11 is 3.60. The summed E-state index contributed by atoms with van der Waals surface area (Å²) in [5.41, 5.74) is 1.57. The summed E-state index contributed by atoms with van der Waals surface area (Å²) in [5.74, 6) is 1.62. The van der Waals surface area contributed by atoms with Crippen molar-refractivity contribution in [2.75, 3.05) is 12.4 Å². The second-order valence-electron chi connectivity index (χ2n) is 7.09. The molecule has 3 atom stereocenters. The third kappa shape index (κ3) is 4.72. The molecule has 2 nitrogen and oxygen atoms in total. The zero-order valence-corrected chi connectivity index (χ0v) is 15.2. The zero-order valence-electron chi connectivity index (χ0n) is 13.6. The number of benzene rings is 1. The molecule has 1 fully saturated rings. The highest BCUT2D eigenvalue weighted by Crippen LogP contribution is 2.41. The molecular weight excluding hydrogens is 328 g/mol. The van der Waals surface area contributed by atoms with E-state index in [1.807, 2.05) is 12.1 Å². The van der Waals surface area contributed by atoms with Gasteiger partial charge in [-0.25, -0.2) is 0 Å². The van der Waals surface area contributed by atoms with Crippen molar-refractivity contribution >= 4 is 15.9 Å². The first-order valence-electron chi connectivity index (χ1n) is 7.79. The second kappa shape index (κ2) is 7.15. The van der Waals surface area contributed by atoms with Crippen LogP contribution >= 0.6 is 15.9 Å². The molecule has 0 bridgehead atoms. The number of rotatable bonds is 5. The molecule has 1 aliphatic carbocycles. The van der Waals surface area contributed by atoms with Gasteiger partial charge in [-0.3, -0.25) is 0 Å². The van der Waals surface area contributed by atoms with Crippen molar-refractivity contribution in [2.45, 2.75) is 52.2 Å². The van der Waals surface area contributed by atoms with Gasteiger partial charge in [0.15, 0.2) is 0 Å². The Kier molecular flexibility index (Phi) is 5.73. The molecule has 21 heavy (non-hydrogen) atoms. The van der Waals surface area contributed by atoms with Gasteiger partial charge in [0.05, 0.1) is 19.3 Å². The van der Waals surface area contributed by atoms with Gasteiger partial charge in [0.2, 0.25) is 0 Å². The molecule has 1 aromatic carbocycles. The molecule has 3 heteroatoms. The fraction of sp³-hybridized carbons (Fsp3) is 0.667. The van der Waals surface area contributed by atoms with Crippen LogP contribution in [-0.4, -0.2) is 18.5 Å². The summed E-state index contributed by atoms with van der Waals surface area (Å²) in [4.78, 5) is 0. The first-order chi connectivity index (χ1) is 9.93. The van der Waals surface area contributed by atoms with E-state index in [9.17, 15) is 0 Å². The summed E-state index contributed by atoms with van der Waals surface area (Å²) in [6, 6.07) is 8.19. The van der Waals surface area contributed by atoms with Crippen molar-refractivity contribution in [2.24, 2.45) is 11.3 Å². The molecule has 0 amide bonds. The number of alkyl halides is 1. The van der Waals surface area contributed by atoms with E-state index in [2.05, 4.69) is 48.8 Å². The lowest BCUT2D eigenvalue weighted by atomic mass is 9.71. The molecule has 0 spiro atoms. The summed E-state index contributed by atoms with van der Waals surface area (Å²) < 4.78 is 11.7. The van der Waals surface area contributed by atoms with Gasteiger partial charge in [0.1, 0.15) is 5.75 Å². The predicted molar refractivity (Wildman–Crippen MR) is 91.2 cm³/mol. The van der Waals surface area contributed by atoms with Crippen molar-refractivity contribution in [3.8, 4) is 5.75 Å². The van der Waals surface area contributed by atoms with Crippen LogP contribution in [0.15, 0.2) is 24.3 Å². The number of methoxy groups -OCH3 is 1. The summed E-state index contributed by atoms with van der Waals surface area (Å²) in [7, 11) is 1.70. The molecule has 0 aromatic heterocycles. The Morgan fingerprint density at radius 2 is 2.10 bits per heavy atom. The summed E-state index contributed by atoms with van der Waals surface area (Å²) in [5, 5.41) is 0.811. The quantitative estimate of drug-likeness (QED) is 0.662. The van der Waals surface area contributed by atoms with Crippen LogP contribution in [0.25, 0.3) is 0 Å². The van der Waals surface area contributed by atoms with E-state index in [1.165, 1.54) is 12.0 Å². The minimum absolute atomic E-state index is 0.0891. The fourth-order valence-electron chi connectivity index (χ4n) is 3.64. The summed E-state index contributed by atoms with van der Waals surface area (Å²) in [6.07, 6.45) is 4.04. The van der Waals surface area contributed by atoms with E-state index in [4.69, 9.17) is 9.47 Å². The van der Waals surface area contributed by atoms with Gasteiger partial charge >= 0.3 is 0 Å². The van der Waals surface area contributed by atoms with Crippen LogP contribution in [0.5, 0.6) is 5.75 Å². The van der Waals surface area contributed by atoms with Gasteiger partial charge in [0, 0.05) is 5.33 Å². The normalized spacial score (nSPS) is 26.3. The Balaban J connectivity index is 2.07. The minimum atomic E-state index is 0.0891. The largest absolute Gasteiger partial charge is 0.497 e. The van der Waals surface area contributed by atoms with Crippen LogP contribution in [0.4, 0.5) is 0 Å². The van der Waals surface area contributed by atoms with Crippen molar-refractivity contribution in [1.29, 1.82) is 0 Å². The number of hydrogen-bond acceptors (Lipinski definition) is 2. The lowest BCUT2D eigenvalue weighted by Gasteiger charge is -2.40. The number of ether oxygens (including phenoxy) is 2. The smallest absolute Gasteiger partial charge is 0.119 e. The standard InChI is InChI=1S/C18H27BrO2/c1-13-8-16(11-18(2,3)10-13)21-17(12-19)14-6-5-7-15(9-14)20-4/h5-7,9,13,16-17H,8,10-12H2,1-4H3. The predicted octanol–water partition coefficient (Wildman–Crippen LogP) is 5.36. The highest BCUT2D eigenvalue weighted by Gasteiger charge is 2.33. The average molecular weight is 355 g/mol. The lowest BCUT2D eigenvalue weighted by Crippen LogP contribution is -2.33. The molecule has 0 radical (unpaired) electrons. The van der Waals surface area contributed by atoms with Gasteiger partial charge in [-0.2, -0.15) is 0 Å². The van der Waals surface area contributed by atoms with Gasteiger partial charge < -0.3 is 9.47 Å². The first-order valence-corrected chi connectivity index (χ1v) is 8.91. The molecule has 3 unspecified atom stereocenters. The molecule has 1 aliphatic rings. The SMILES string of the molecule is COc1cccc(C(CBr)OC2CC(C)CC(C)(C)C2)c1. The Hall–Kier alpha value is -0.540. The van der Waals surface area contributed by atoms with Crippen molar-refractivity contribution in [3.63, 3.8) is 0 Å². The van der Waals surface area contributed by atoms with E-state index >= 15 is 0 Å². The van der Waals surface area contributed by atoms with Crippen molar-refractivity contribution < 1.29 is 9.47 Å². The number of halogens is 1. The van der Waals surface area contributed by atoms with Gasteiger partial charge in [-0.05, 0) is 48.3 Å². The lowest BCUT2D eigenvalue weighted by molar-refractivity contribution is -0.0580. The Morgan fingerprint density at radius 1 is 1.33 bits per heavy atom. The van der Waals surface area contributed by atoms with E-state index < -0.39 is 0 Å². The minimum Gasteiger partial charge on any atom is -0.497 e. The van der Waals surface area contributed by atoms with Crippen LogP contribution in [0.2, 0.25) is 0 Å². The second-order valence-corrected chi connectivity index (χ2v) is 7.74. The Bertz CT molecular complexity index is 458. The fourth-order valence-corrected chi connectivity index (χ4v) is 4.17. The van der Waals surface area contributed by atoms with Crippen LogP contribution in [0, 0.1) is 11.3 Å². The van der Waals surface area contributed by atoms with Gasteiger partial charge in [-0.15, -0.1) is 0 Å². The third-order valence-electron chi connectivity index (χ3n) is 4.31. The van der Waals surface area contributed by atoms with Gasteiger partial charge in [-0.1, -0.05) is 48.8 Å². The molecule has 0 N–H and O–H groups in total. The first kappa shape index (κ1) is 16.8. The molecule has 0 heterocycles. The maximum Gasteiger partial charge on any atom is 0.119 e. The number of hydrogen-bond donors (Lipinski definition) is 0. The third-order valence-corrected chi connectivity index (χ3v) is 4.90. The maximum atomic E-state index is 6.43. The van der Waals surface area contributed by atoms with E-state index in [0.717, 1.165) is 29.8 Å². The van der Waals surface area contributed by atoms with Crippen LogP contribution in [0.1, 0.15) is 51.7 Å². The Labute approximate surface area is 137 Å². The van der Waals surface area contributed by atoms with Gasteiger partial charge in [0.25, 0.3) is 0 Å². The highest BCUT2D eigenvalue weighted by molar-refractivity contribution is 9.09. The topological polar surface area (TPSA) is 18.5 Å². The van der Waals surface area contributed by atoms with Crippen LogP contribution in [-0.2, 0) is 4.74 Å². The molecule has 1 aromatic rings. The average Bonchev–Trinajstić information content (AvgIpc) is 2.42. The molecule has 2 rings (SSSR count). The van der Waals surface area contributed by atoms with Crippen LogP contribution < -0.4 is 4.74 Å². The molecule has 118 valence electrons. The van der Waals surface area contributed by atoms with E-state index in [0.29, 0.717) is 11.5 Å². The highest BCUT2D eigenvalue weighted by atomic mass is 79.9. The molecule has 0 aliphatic heterocycles. The zero-order chi connectivity index (χ0) is 15.5.